The fourth-order valence-electron chi connectivity index (χ4n) is 1.71. The number of hydrogen-bond donors (Lipinski definition) is 1. The van der Waals surface area contributed by atoms with E-state index in [9.17, 15) is 0 Å². The monoisotopic (exact) mass is 301 g/mol. The molecule has 2 rings (SSSR count). The lowest BCUT2D eigenvalue weighted by Crippen LogP contribution is -2.11. The molecule has 2 N–H and O–H groups in total. The summed E-state index contributed by atoms with van der Waals surface area (Å²) in [5.74, 6) is 0.556. The average Bonchev–Trinajstić information content (AvgIpc) is 2.77. The first-order valence-electron chi connectivity index (χ1n) is 5.37. The molecule has 0 saturated heterocycles. The lowest BCUT2D eigenvalue weighted by molar-refractivity contribution is 0.415. The first-order valence-corrected chi connectivity index (χ1v) is 6.95. The van der Waals surface area contributed by atoms with Gasteiger partial charge in [-0.25, -0.2) is 0 Å². The second kappa shape index (κ2) is 5.49. The van der Waals surface area contributed by atoms with Crippen molar-refractivity contribution >= 4 is 34.5 Å². The minimum absolute atomic E-state index is 0.264. The molecular formula is C13H13Cl2NOS. The summed E-state index contributed by atoms with van der Waals surface area (Å²) in [7, 11) is 1.56. The van der Waals surface area contributed by atoms with Crippen molar-refractivity contribution in [2.24, 2.45) is 5.73 Å². The van der Waals surface area contributed by atoms with Crippen LogP contribution in [0.25, 0.3) is 0 Å². The van der Waals surface area contributed by atoms with E-state index in [4.69, 9.17) is 33.7 Å². The Labute approximate surface area is 120 Å². The summed E-state index contributed by atoms with van der Waals surface area (Å²) < 4.78 is 5.12. The summed E-state index contributed by atoms with van der Waals surface area (Å²) in [5, 5.41) is 1.08. The predicted octanol–water partition coefficient (Wildman–Crippen LogP) is 4.42. The molecule has 0 radical (unpaired) electrons. The van der Waals surface area contributed by atoms with Crippen LogP contribution in [0.15, 0.2) is 24.3 Å². The number of methoxy groups -OCH3 is 1. The van der Waals surface area contributed by atoms with Crippen molar-refractivity contribution in [3.63, 3.8) is 0 Å². The summed E-state index contributed by atoms with van der Waals surface area (Å²) in [6.45, 7) is 2.05. The van der Waals surface area contributed by atoms with Gasteiger partial charge >= 0.3 is 0 Å². The summed E-state index contributed by atoms with van der Waals surface area (Å²) >= 11 is 14.0. The zero-order valence-electron chi connectivity index (χ0n) is 10.0. The molecule has 0 aliphatic heterocycles. The number of halogens is 2. The van der Waals surface area contributed by atoms with Gasteiger partial charge in [0.2, 0.25) is 0 Å². The molecular weight excluding hydrogens is 289 g/mol. The summed E-state index contributed by atoms with van der Waals surface area (Å²) in [4.78, 5) is 2.28. The Morgan fingerprint density at radius 2 is 1.94 bits per heavy atom. The molecule has 1 atom stereocenters. The van der Waals surface area contributed by atoms with E-state index >= 15 is 0 Å². The SMILES string of the molecule is COc1cc(Cl)c(C(N)c2ccc(C)s2)cc1Cl. The Hall–Kier alpha value is -0.740. The van der Waals surface area contributed by atoms with E-state index in [-0.39, 0.29) is 6.04 Å². The van der Waals surface area contributed by atoms with Crippen LogP contribution in [0.3, 0.4) is 0 Å². The van der Waals surface area contributed by atoms with Gasteiger partial charge < -0.3 is 10.5 Å². The molecule has 0 amide bonds. The molecule has 1 unspecified atom stereocenters. The lowest BCUT2D eigenvalue weighted by Gasteiger charge is -2.14. The van der Waals surface area contributed by atoms with Crippen LogP contribution in [0.1, 0.15) is 21.4 Å². The summed E-state index contributed by atoms with van der Waals surface area (Å²) in [6.07, 6.45) is 0. The number of rotatable bonds is 3. The summed E-state index contributed by atoms with van der Waals surface area (Å²) in [5.41, 5.74) is 7.03. The van der Waals surface area contributed by atoms with Crippen molar-refractivity contribution in [2.45, 2.75) is 13.0 Å². The first kappa shape index (κ1) is 13.7. The van der Waals surface area contributed by atoms with E-state index in [2.05, 4.69) is 0 Å². The molecule has 0 aliphatic carbocycles. The fourth-order valence-corrected chi connectivity index (χ4v) is 3.13. The van der Waals surface area contributed by atoms with E-state index < -0.39 is 0 Å². The third-order valence-corrected chi connectivity index (χ3v) is 4.38. The van der Waals surface area contributed by atoms with Gasteiger partial charge in [-0.05, 0) is 30.7 Å². The van der Waals surface area contributed by atoms with Crippen molar-refractivity contribution in [3.05, 3.63) is 49.6 Å². The largest absolute Gasteiger partial charge is 0.495 e. The number of thiophene rings is 1. The highest BCUT2D eigenvalue weighted by Gasteiger charge is 2.17. The maximum absolute atomic E-state index is 6.22. The molecule has 96 valence electrons. The van der Waals surface area contributed by atoms with Crippen molar-refractivity contribution < 1.29 is 4.74 Å². The van der Waals surface area contributed by atoms with Crippen LogP contribution in [0.2, 0.25) is 10.0 Å². The van der Waals surface area contributed by atoms with Gasteiger partial charge in [-0.1, -0.05) is 23.2 Å². The van der Waals surface area contributed by atoms with Gasteiger partial charge in [-0.2, -0.15) is 0 Å². The molecule has 2 aromatic rings. The first-order chi connectivity index (χ1) is 8.52. The highest BCUT2D eigenvalue weighted by molar-refractivity contribution is 7.12. The number of benzene rings is 1. The molecule has 0 fully saturated rings. The van der Waals surface area contributed by atoms with Crippen molar-refractivity contribution in [2.75, 3.05) is 7.11 Å². The molecule has 18 heavy (non-hydrogen) atoms. The highest BCUT2D eigenvalue weighted by Crippen LogP contribution is 2.36. The quantitative estimate of drug-likeness (QED) is 0.911. The molecule has 0 bridgehead atoms. The van der Waals surface area contributed by atoms with E-state index in [0.29, 0.717) is 15.8 Å². The Morgan fingerprint density at radius 1 is 1.22 bits per heavy atom. The molecule has 1 heterocycles. The van der Waals surface area contributed by atoms with Gasteiger partial charge in [-0.15, -0.1) is 11.3 Å². The summed E-state index contributed by atoms with van der Waals surface area (Å²) in [6, 6.07) is 7.25. The minimum Gasteiger partial charge on any atom is -0.495 e. The second-order valence-corrected chi connectivity index (χ2v) is 6.07. The molecule has 5 heteroatoms. The average molecular weight is 302 g/mol. The number of nitrogens with two attached hydrogens (primary N) is 1. The Kier molecular flexibility index (Phi) is 4.17. The van der Waals surface area contributed by atoms with Crippen molar-refractivity contribution in [1.29, 1.82) is 0 Å². The van der Waals surface area contributed by atoms with Crippen LogP contribution in [0.4, 0.5) is 0 Å². The van der Waals surface area contributed by atoms with Gasteiger partial charge in [-0.3, -0.25) is 0 Å². The van der Waals surface area contributed by atoms with Gasteiger partial charge in [0.05, 0.1) is 18.2 Å². The zero-order valence-corrected chi connectivity index (χ0v) is 12.4. The van der Waals surface area contributed by atoms with Crippen LogP contribution in [0.5, 0.6) is 5.75 Å². The Balaban J connectivity index is 2.42. The number of hydrogen-bond acceptors (Lipinski definition) is 3. The van der Waals surface area contributed by atoms with Crippen molar-refractivity contribution in [1.82, 2.24) is 0 Å². The standard InChI is InChI=1S/C13H13Cl2NOS/c1-7-3-4-12(18-7)13(16)8-5-10(15)11(17-2)6-9(8)14/h3-6,13H,16H2,1-2H3. The maximum Gasteiger partial charge on any atom is 0.138 e. The Bertz CT molecular complexity index is 568. The molecule has 0 aliphatic rings. The normalized spacial score (nSPS) is 12.5. The second-order valence-electron chi connectivity index (χ2n) is 3.93. The molecule has 2 nitrogen and oxygen atoms in total. The van der Waals surface area contributed by atoms with Gasteiger partial charge in [0.1, 0.15) is 5.75 Å². The fraction of sp³-hybridized carbons (Fsp3) is 0.231. The molecule has 0 saturated carbocycles. The van der Waals surface area contributed by atoms with Crippen LogP contribution in [0, 0.1) is 6.92 Å². The van der Waals surface area contributed by atoms with E-state index in [1.807, 2.05) is 19.1 Å². The number of ether oxygens (including phenoxy) is 1. The van der Waals surface area contributed by atoms with Crippen LogP contribution in [-0.4, -0.2) is 7.11 Å². The van der Waals surface area contributed by atoms with Crippen LogP contribution >= 0.6 is 34.5 Å². The van der Waals surface area contributed by atoms with E-state index in [0.717, 1.165) is 10.4 Å². The minimum atomic E-state index is -0.264. The van der Waals surface area contributed by atoms with Gasteiger partial charge in [0, 0.05) is 20.8 Å². The third-order valence-electron chi connectivity index (χ3n) is 2.67. The Morgan fingerprint density at radius 3 is 2.50 bits per heavy atom. The maximum atomic E-state index is 6.22. The topological polar surface area (TPSA) is 35.2 Å². The lowest BCUT2D eigenvalue weighted by atomic mass is 10.1. The van der Waals surface area contributed by atoms with Crippen LogP contribution < -0.4 is 10.5 Å². The third kappa shape index (κ3) is 2.64. The van der Waals surface area contributed by atoms with E-state index in [1.54, 1.807) is 30.6 Å². The highest BCUT2D eigenvalue weighted by atomic mass is 35.5. The predicted molar refractivity (Wildman–Crippen MR) is 78.1 cm³/mol. The molecule has 1 aromatic heterocycles. The van der Waals surface area contributed by atoms with Gasteiger partial charge in [0.15, 0.2) is 0 Å². The smallest absolute Gasteiger partial charge is 0.138 e. The zero-order chi connectivity index (χ0) is 13.3. The van der Waals surface area contributed by atoms with Crippen LogP contribution in [-0.2, 0) is 0 Å². The van der Waals surface area contributed by atoms with E-state index in [1.165, 1.54) is 4.88 Å². The molecule has 0 spiro atoms. The number of aryl methyl sites for hydroxylation is 1. The van der Waals surface area contributed by atoms with Gasteiger partial charge in [0.25, 0.3) is 0 Å². The molecule has 1 aromatic carbocycles. The van der Waals surface area contributed by atoms with Crippen molar-refractivity contribution in [3.8, 4) is 5.75 Å².